The third-order valence-electron chi connectivity index (χ3n) is 7.34. The van der Waals surface area contributed by atoms with E-state index in [1.807, 2.05) is 44.2 Å². The first kappa shape index (κ1) is 31.4. The molecule has 0 radical (unpaired) electrons. The summed E-state index contributed by atoms with van der Waals surface area (Å²) in [6, 6.07) is 14.0. The molecule has 2 aromatic rings. The number of carbonyl (C=O) groups is 1. The summed E-state index contributed by atoms with van der Waals surface area (Å²) < 4.78 is 45.2. The lowest BCUT2D eigenvalue weighted by Gasteiger charge is -2.31. The van der Waals surface area contributed by atoms with Crippen molar-refractivity contribution in [2.45, 2.75) is 62.2 Å². The van der Waals surface area contributed by atoms with Gasteiger partial charge in [0.1, 0.15) is 12.2 Å². The maximum atomic E-state index is 13.7. The van der Waals surface area contributed by atoms with Crippen molar-refractivity contribution in [3.63, 3.8) is 0 Å². The number of ether oxygens (including phenoxy) is 3. The first-order chi connectivity index (χ1) is 19.6. The number of sulfonamides is 1. The van der Waals surface area contributed by atoms with Gasteiger partial charge in [0.2, 0.25) is 10.0 Å². The lowest BCUT2D eigenvalue weighted by Crippen LogP contribution is -2.51. The van der Waals surface area contributed by atoms with Gasteiger partial charge in [-0.3, -0.25) is 0 Å². The van der Waals surface area contributed by atoms with E-state index in [0.29, 0.717) is 12.2 Å². The molecule has 2 aromatic carbocycles. The van der Waals surface area contributed by atoms with Crippen molar-refractivity contribution in [3.05, 3.63) is 65.7 Å². The summed E-state index contributed by atoms with van der Waals surface area (Å²) in [5, 5.41) is 33.2. The Morgan fingerprint density at radius 1 is 1.07 bits per heavy atom. The van der Waals surface area contributed by atoms with Crippen LogP contribution in [0.4, 0.5) is 4.79 Å². The van der Waals surface area contributed by atoms with E-state index >= 15 is 0 Å². The Labute approximate surface area is 241 Å². The third-order valence-corrected chi connectivity index (χ3v) is 9.19. The Balaban J connectivity index is 1.51. The van der Waals surface area contributed by atoms with Crippen LogP contribution in [0.5, 0.6) is 0 Å². The molecule has 0 unspecified atom stereocenters. The number of hydrogen-bond donors (Lipinski definition) is 4. The smallest absolute Gasteiger partial charge is 0.407 e. The summed E-state index contributed by atoms with van der Waals surface area (Å²) in [5.74, 6) is -0.100. The van der Waals surface area contributed by atoms with E-state index < -0.39 is 47.1 Å². The monoisotopic (exact) mass is 592 g/mol. The molecule has 0 bridgehead atoms. The molecule has 12 heteroatoms. The summed E-state index contributed by atoms with van der Waals surface area (Å²) in [5.41, 5.74) is 1.23. The highest BCUT2D eigenvalue weighted by molar-refractivity contribution is 7.89. The number of aliphatic hydroxyl groups is 3. The number of carbonyl (C=O) groups excluding carboxylic acids is 1. The zero-order chi connectivity index (χ0) is 29.6. The first-order valence-corrected chi connectivity index (χ1v) is 15.3. The summed E-state index contributed by atoms with van der Waals surface area (Å²) in [6.45, 7) is 3.88. The van der Waals surface area contributed by atoms with Crippen molar-refractivity contribution < 1.29 is 42.7 Å². The highest BCUT2D eigenvalue weighted by atomic mass is 32.2. The standard InChI is InChI=1S/C29H40N2O9S/c1-19(2)15-31(41(36,37)22-10-8-21(9-11-22)26(34)17-32)16-25(33)24(14-20-6-4-3-5-7-20)30-29(35)40-27-18-39-28-23(27)12-13-38-28/h3-11,19,23-28,32-34H,12-18H2,1-2H3,(H,30,35)/t23-,24-,25+,26-,27-,28+/m0/s1. The second kappa shape index (κ2) is 14.1. The van der Waals surface area contributed by atoms with E-state index in [2.05, 4.69) is 5.32 Å². The number of benzene rings is 2. The van der Waals surface area contributed by atoms with Gasteiger partial charge in [-0.25, -0.2) is 13.2 Å². The van der Waals surface area contributed by atoms with Gasteiger partial charge < -0.3 is 34.8 Å². The Hall–Kier alpha value is -2.58. The predicted molar refractivity (Wildman–Crippen MR) is 149 cm³/mol. The van der Waals surface area contributed by atoms with Crippen LogP contribution in [0.2, 0.25) is 0 Å². The minimum Gasteiger partial charge on any atom is -0.443 e. The van der Waals surface area contributed by atoms with Crippen molar-refractivity contribution in [1.82, 2.24) is 9.62 Å². The molecular weight excluding hydrogens is 552 g/mol. The number of hydrogen-bond acceptors (Lipinski definition) is 9. The quantitative estimate of drug-likeness (QED) is 0.273. The van der Waals surface area contributed by atoms with Gasteiger partial charge in [-0.15, -0.1) is 0 Å². The topological polar surface area (TPSA) is 155 Å². The van der Waals surface area contributed by atoms with Crippen molar-refractivity contribution in [2.75, 3.05) is 32.9 Å². The van der Waals surface area contributed by atoms with Crippen molar-refractivity contribution in [2.24, 2.45) is 11.8 Å². The molecular formula is C29H40N2O9S. The van der Waals surface area contributed by atoms with E-state index in [1.54, 1.807) is 0 Å². The van der Waals surface area contributed by atoms with Crippen LogP contribution in [0.25, 0.3) is 0 Å². The summed E-state index contributed by atoms with van der Waals surface area (Å²) in [4.78, 5) is 13.0. The number of amides is 1. The van der Waals surface area contributed by atoms with Crippen molar-refractivity contribution >= 4 is 16.1 Å². The summed E-state index contributed by atoms with van der Waals surface area (Å²) in [6.07, 6.45) is -2.99. The van der Waals surface area contributed by atoms with Crippen LogP contribution in [0.3, 0.4) is 0 Å². The van der Waals surface area contributed by atoms with Crippen LogP contribution in [0, 0.1) is 11.8 Å². The van der Waals surface area contributed by atoms with Gasteiger partial charge in [-0.05, 0) is 42.0 Å². The second-order valence-electron chi connectivity index (χ2n) is 11.0. The van der Waals surface area contributed by atoms with E-state index in [9.17, 15) is 28.5 Å². The van der Waals surface area contributed by atoms with Gasteiger partial charge in [0.05, 0.1) is 42.8 Å². The summed E-state index contributed by atoms with van der Waals surface area (Å²) >= 11 is 0. The highest BCUT2D eigenvalue weighted by Crippen LogP contribution is 2.33. The molecule has 0 aliphatic carbocycles. The SMILES string of the molecule is CC(C)CN(C[C@@H](O)[C@H](Cc1ccccc1)NC(=O)O[C@H]1CO[C@H]2OCC[C@H]21)S(=O)(=O)c1ccc([C@@H](O)CO)cc1. The number of nitrogens with zero attached hydrogens (tertiary/aromatic N) is 1. The molecule has 0 spiro atoms. The largest absolute Gasteiger partial charge is 0.443 e. The van der Waals surface area contributed by atoms with E-state index in [4.69, 9.17) is 14.2 Å². The van der Waals surface area contributed by atoms with Crippen LogP contribution in [0.1, 0.15) is 37.5 Å². The fourth-order valence-corrected chi connectivity index (χ4v) is 6.77. The fourth-order valence-electron chi connectivity index (χ4n) is 5.15. The predicted octanol–water partition coefficient (Wildman–Crippen LogP) is 1.82. The first-order valence-electron chi connectivity index (χ1n) is 13.9. The Morgan fingerprint density at radius 3 is 2.44 bits per heavy atom. The second-order valence-corrected chi connectivity index (χ2v) is 12.9. The number of nitrogens with one attached hydrogen (secondary N) is 1. The molecule has 4 N–H and O–H groups in total. The maximum Gasteiger partial charge on any atom is 0.407 e. The zero-order valence-corrected chi connectivity index (χ0v) is 24.2. The van der Waals surface area contributed by atoms with Crippen LogP contribution in [-0.4, -0.2) is 91.6 Å². The van der Waals surface area contributed by atoms with Crippen LogP contribution in [0.15, 0.2) is 59.5 Å². The molecule has 4 rings (SSSR count). The highest BCUT2D eigenvalue weighted by Gasteiger charge is 2.44. The lowest BCUT2D eigenvalue weighted by atomic mass is 10.0. The Kier molecular flexibility index (Phi) is 10.8. The Morgan fingerprint density at radius 2 is 1.78 bits per heavy atom. The van der Waals surface area contributed by atoms with Crippen molar-refractivity contribution in [3.8, 4) is 0 Å². The molecule has 2 heterocycles. The number of fused-ring (bicyclic) bond motifs is 1. The van der Waals surface area contributed by atoms with Gasteiger partial charge in [-0.1, -0.05) is 56.3 Å². The average Bonchev–Trinajstić information content (AvgIpc) is 3.57. The number of aliphatic hydroxyl groups excluding tert-OH is 3. The normalized spacial score (nSPS) is 22.9. The van der Waals surface area contributed by atoms with Gasteiger partial charge in [0.25, 0.3) is 0 Å². The zero-order valence-electron chi connectivity index (χ0n) is 23.3. The molecule has 0 saturated carbocycles. The minimum absolute atomic E-state index is 0.0132. The molecule has 226 valence electrons. The van der Waals surface area contributed by atoms with Crippen LogP contribution in [-0.2, 0) is 30.7 Å². The van der Waals surface area contributed by atoms with Gasteiger partial charge in [-0.2, -0.15) is 4.31 Å². The molecule has 11 nitrogen and oxygen atoms in total. The van der Waals surface area contributed by atoms with Crippen molar-refractivity contribution in [1.29, 1.82) is 0 Å². The lowest BCUT2D eigenvalue weighted by molar-refractivity contribution is -0.0907. The fraction of sp³-hybridized carbons (Fsp3) is 0.552. The molecule has 41 heavy (non-hydrogen) atoms. The van der Waals surface area contributed by atoms with Gasteiger partial charge in [0, 0.05) is 13.1 Å². The Bertz CT molecular complexity index is 1230. The molecule has 1 amide bonds. The molecule has 2 saturated heterocycles. The van der Waals surface area contributed by atoms with Crippen LogP contribution >= 0.6 is 0 Å². The van der Waals surface area contributed by atoms with Gasteiger partial charge >= 0.3 is 6.09 Å². The number of alkyl carbamates (subject to hydrolysis) is 1. The third kappa shape index (κ3) is 8.04. The molecule has 0 aromatic heterocycles. The van der Waals surface area contributed by atoms with Crippen LogP contribution < -0.4 is 5.32 Å². The van der Waals surface area contributed by atoms with E-state index in [1.165, 1.54) is 28.6 Å². The minimum atomic E-state index is -4.05. The average molecular weight is 593 g/mol. The molecule has 2 aliphatic heterocycles. The molecule has 2 aliphatic rings. The molecule has 6 atom stereocenters. The van der Waals surface area contributed by atoms with Gasteiger partial charge in [0.15, 0.2) is 6.29 Å². The summed E-state index contributed by atoms with van der Waals surface area (Å²) in [7, 11) is -4.05. The maximum absolute atomic E-state index is 13.7. The molecule has 2 fully saturated rings. The number of rotatable bonds is 13. The van der Waals surface area contributed by atoms with E-state index in [-0.39, 0.29) is 49.1 Å². The van der Waals surface area contributed by atoms with E-state index in [0.717, 1.165) is 12.0 Å².